The van der Waals surface area contributed by atoms with Gasteiger partial charge in [0, 0.05) is 89.7 Å². The van der Waals surface area contributed by atoms with Crippen LogP contribution in [-0.4, -0.2) is 139 Å². The van der Waals surface area contributed by atoms with Crippen LogP contribution in [0, 0.1) is 32.5 Å². The molecule has 26 heteroatoms. The number of amidine groups is 6. The molecule has 0 fully saturated rings. The van der Waals surface area contributed by atoms with Crippen molar-refractivity contribution in [2.24, 2.45) is 34.4 Å². The Morgan fingerprint density at radius 3 is 1.03 bits per heavy atom. The number of nitrogens with one attached hydrogen (secondary N) is 12. The van der Waals surface area contributed by atoms with Crippen LogP contribution < -0.4 is 50.4 Å². The number of carbonyl (C=O) groups is 4. The first kappa shape index (κ1) is 67.0. The average Bonchev–Trinajstić information content (AvgIpc) is 1.67. The number of aromatic amines is 3. The van der Waals surface area contributed by atoms with Gasteiger partial charge in [-0.05, 0) is 83.9 Å². The highest BCUT2D eigenvalue weighted by Crippen LogP contribution is 2.35. The maximum absolute atomic E-state index is 12.1. The van der Waals surface area contributed by atoms with E-state index in [0.29, 0.717) is 72.3 Å². The second kappa shape index (κ2) is 30.9. The molecule has 1 atom stereocenters. The van der Waals surface area contributed by atoms with Crippen molar-refractivity contribution in [3.8, 4) is 33.8 Å². The van der Waals surface area contributed by atoms with E-state index in [0.717, 1.165) is 83.2 Å². The Hall–Kier alpha value is -11.5. The van der Waals surface area contributed by atoms with Crippen molar-refractivity contribution in [3.05, 3.63) is 177 Å². The second-order valence-corrected chi connectivity index (χ2v) is 20.8. The minimum atomic E-state index is -0.898. The summed E-state index contributed by atoms with van der Waals surface area (Å²) in [5.41, 5.74) is 48.5. The maximum atomic E-state index is 12.1. The fourth-order valence-electron chi connectivity index (χ4n) is 10.1. The summed E-state index contributed by atoms with van der Waals surface area (Å²) in [6.07, 6.45) is 1.69. The number of ether oxygens (including phenoxy) is 3. The molecule has 0 radical (unpaired) electrons. The third-order valence-corrected chi connectivity index (χ3v) is 14.8. The van der Waals surface area contributed by atoms with Crippen molar-refractivity contribution in [2.45, 2.75) is 31.7 Å². The van der Waals surface area contributed by atoms with Gasteiger partial charge in [0.05, 0.1) is 40.8 Å². The van der Waals surface area contributed by atoms with E-state index in [2.05, 4.69) is 40.4 Å². The predicted octanol–water partition coefficient (Wildman–Crippen LogP) is 4.97. The number of hydrogen-bond donors (Lipinski definition) is 19. The lowest BCUT2D eigenvalue weighted by Crippen LogP contribution is -2.40. The molecule has 0 bridgehead atoms. The highest BCUT2D eigenvalue weighted by molar-refractivity contribution is 6.04. The van der Waals surface area contributed by atoms with Gasteiger partial charge in [0.25, 0.3) is 0 Å². The minimum Gasteiger partial charge on any atom is -0.480 e. The summed E-state index contributed by atoms with van der Waals surface area (Å²) < 4.78 is 14.1. The molecule has 3 heterocycles. The van der Waals surface area contributed by atoms with E-state index in [1.54, 1.807) is 36.4 Å². The molecule has 0 amide bonds. The Balaban J connectivity index is 0.000000195. The molecular formula is C65H74N18O8. The Kier molecular flexibility index (Phi) is 22.8. The number of esters is 3. The number of hydrogen-bond acceptors (Lipinski definition) is 16. The topological polar surface area (TPSA) is 499 Å². The molecule has 1 unspecified atom stereocenters. The van der Waals surface area contributed by atoms with Crippen LogP contribution in [0.15, 0.2) is 127 Å². The molecule has 0 spiro atoms. The molecule has 9 aromatic rings. The molecule has 0 aliphatic heterocycles. The molecule has 0 aliphatic carbocycles. The van der Waals surface area contributed by atoms with Gasteiger partial charge in [-0.2, -0.15) is 0 Å². The van der Waals surface area contributed by atoms with Crippen LogP contribution in [0.5, 0.6) is 0 Å². The van der Waals surface area contributed by atoms with Gasteiger partial charge >= 0.3 is 23.9 Å². The van der Waals surface area contributed by atoms with Crippen LogP contribution in [0.2, 0.25) is 0 Å². The van der Waals surface area contributed by atoms with E-state index in [4.69, 9.17) is 76.7 Å². The lowest BCUT2D eigenvalue weighted by molar-refractivity contribution is -0.149. The largest absolute Gasteiger partial charge is 0.480 e. The third kappa shape index (κ3) is 17.2. The number of nitrogens with two attached hydrogens (primary N) is 6. The molecule has 25 N–H and O–H groups in total. The van der Waals surface area contributed by atoms with Crippen LogP contribution in [0.4, 0.5) is 0 Å². The van der Waals surface area contributed by atoms with Crippen LogP contribution in [0.3, 0.4) is 0 Å². The SMILES string of the molecule is COC(=O)CC(NCCc1c(-c2ccc(C(=N)N)cc2)[nH]c2cc(C(=N)N)ccc12)C(=O)OC.COC(=O)CNCCc1c(-c2ccc(C(=N)N)cc2)[nH]c2cc(C(=N)N)ccc12.N=C(N)c1ccc(-c2[nH]c3cc(C(=N)N)ccc3c2CCNCC(=O)O)cc1. The fraction of sp³-hybridized carbons (Fsp3) is 0.200. The van der Waals surface area contributed by atoms with Gasteiger partial charge in [-0.3, -0.25) is 51.6 Å². The highest BCUT2D eigenvalue weighted by Gasteiger charge is 2.24. The zero-order valence-electron chi connectivity index (χ0n) is 50.3. The lowest BCUT2D eigenvalue weighted by atomic mass is 10.0. The third-order valence-electron chi connectivity index (χ3n) is 14.8. The lowest BCUT2D eigenvalue weighted by Gasteiger charge is -2.15. The molecule has 91 heavy (non-hydrogen) atoms. The van der Waals surface area contributed by atoms with Gasteiger partial charge < -0.3 is 84.6 Å². The quantitative estimate of drug-likeness (QED) is 0.0112. The first-order chi connectivity index (χ1) is 43.5. The number of benzene rings is 6. The van der Waals surface area contributed by atoms with Gasteiger partial charge in [0.2, 0.25) is 0 Å². The van der Waals surface area contributed by atoms with Gasteiger partial charge in [-0.25, -0.2) is 0 Å². The fourth-order valence-corrected chi connectivity index (χ4v) is 10.1. The van der Waals surface area contributed by atoms with E-state index >= 15 is 0 Å². The summed E-state index contributed by atoms with van der Waals surface area (Å²) in [5, 5.41) is 66.6. The van der Waals surface area contributed by atoms with Crippen molar-refractivity contribution in [2.75, 3.05) is 54.1 Å². The van der Waals surface area contributed by atoms with E-state index in [1.165, 1.54) is 21.3 Å². The van der Waals surface area contributed by atoms with Gasteiger partial charge in [-0.15, -0.1) is 0 Å². The number of aliphatic carboxylic acids is 1. The van der Waals surface area contributed by atoms with Crippen molar-refractivity contribution < 1.29 is 38.5 Å². The molecule has 9 rings (SSSR count). The Labute approximate surface area is 522 Å². The summed E-state index contributed by atoms with van der Waals surface area (Å²) in [5.74, 6) is -2.29. The summed E-state index contributed by atoms with van der Waals surface area (Å²) in [4.78, 5) is 56.0. The summed E-state index contributed by atoms with van der Waals surface area (Å²) in [6.45, 7) is 1.54. The minimum absolute atomic E-state index is 0.00599. The monoisotopic (exact) mass is 1230 g/mol. The average molecular weight is 1240 g/mol. The first-order valence-electron chi connectivity index (χ1n) is 28.4. The van der Waals surface area contributed by atoms with E-state index < -0.39 is 23.9 Å². The molecule has 0 saturated carbocycles. The van der Waals surface area contributed by atoms with Crippen LogP contribution >= 0.6 is 0 Å². The number of rotatable bonds is 26. The molecule has 0 aliphatic rings. The standard InChI is InChI=1S/C24H28N6O4.C21H24N6O2.C20H22N6O2/c1-33-20(31)12-19(24(32)34-2)29-10-9-17-16-8-7-15(23(27)28)11-18(16)30-21(17)13-3-5-14(6-4-13)22(25)26;1-29-18(28)11-26-9-8-16-15-7-6-14(21(24)25)10-17(15)27-19(16)12-2-4-13(5-3-12)20(22)23;21-19(22)12-3-1-11(2-4-12)18-15(7-8-25-10-17(27)28)14-6-5-13(20(23)24)9-16(14)26-18/h3-8,11,19,29-30H,9-10,12H2,1-2H3,(H3,25,26)(H3,27,28);2-7,10,26-27H,8-9,11H2,1H3,(H3,22,23)(H3,24,25);1-6,9,25-26H,7-8,10H2,(H3,21,22)(H3,23,24)(H,27,28). The number of fused-ring (bicyclic) bond motifs is 3. The molecule has 472 valence electrons. The highest BCUT2D eigenvalue weighted by atomic mass is 16.5. The second-order valence-electron chi connectivity index (χ2n) is 20.8. The van der Waals surface area contributed by atoms with Crippen LogP contribution in [0.25, 0.3) is 66.5 Å². The van der Waals surface area contributed by atoms with E-state index in [1.807, 2.05) is 91.0 Å². The maximum Gasteiger partial charge on any atom is 0.323 e. The number of methoxy groups -OCH3 is 3. The Morgan fingerprint density at radius 1 is 0.429 bits per heavy atom. The number of nitrogen functional groups attached to an aromatic ring is 6. The molecule has 3 aromatic heterocycles. The number of aromatic nitrogens is 3. The number of H-pyrrole nitrogens is 3. The van der Waals surface area contributed by atoms with Crippen molar-refractivity contribution in [1.29, 1.82) is 32.5 Å². The summed E-state index contributed by atoms with van der Waals surface area (Å²) >= 11 is 0. The molecule has 0 saturated heterocycles. The van der Waals surface area contributed by atoms with Crippen molar-refractivity contribution in [3.63, 3.8) is 0 Å². The zero-order chi connectivity index (χ0) is 66.1. The van der Waals surface area contributed by atoms with Crippen LogP contribution in [-0.2, 0) is 52.7 Å². The number of carbonyl (C=O) groups excluding carboxylic acids is 3. The molecular weight excluding hydrogens is 1160 g/mol. The van der Waals surface area contributed by atoms with Gasteiger partial charge in [0.15, 0.2) is 0 Å². The van der Waals surface area contributed by atoms with Crippen molar-refractivity contribution >= 4 is 91.6 Å². The Bertz CT molecular complexity index is 4210. The van der Waals surface area contributed by atoms with Crippen LogP contribution in [0.1, 0.15) is 56.5 Å². The molecule has 6 aromatic carbocycles. The Morgan fingerprint density at radius 2 is 0.736 bits per heavy atom. The van der Waals surface area contributed by atoms with Gasteiger partial charge in [0.1, 0.15) is 41.1 Å². The van der Waals surface area contributed by atoms with E-state index in [-0.39, 0.29) is 60.5 Å². The summed E-state index contributed by atoms with van der Waals surface area (Å²) in [7, 11) is 3.89. The smallest absolute Gasteiger partial charge is 0.323 e. The van der Waals surface area contributed by atoms with Crippen molar-refractivity contribution in [1.82, 2.24) is 30.9 Å². The number of carboxylic acid groups (broad SMARTS) is 1. The normalized spacial score (nSPS) is 11.2. The number of carboxylic acids is 1. The molecule has 26 nitrogen and oxygen atoms in total. The first-order valence-corrected chi connectivity index (χ1v) is 28.4. The van der Waals surface area contributed by atoms with Gasteiger partial charge in [-0.1, -0.05) is 109 Å². The van der Waals surface area contributed by atoms with E-state index in [9.17, 15) is 19.2 Å². The zero-order valence-corrected chi connectivity index (χ0v) is 50.3. The summed E-state index contributed by atoms with van der Waals surface area (Å²) in [6, 6.07) is 38.0. The predicted molar refractivity (Wildman–Crippen MR) is 354 cm³/mol.